The van der Waals surface area contributed by atoms with E-state index in [9.17, 15) is 9.50 Å². The van der Waals surface area contributed by atoms with Gasteiger partial charge >= 0.3 is 0 Å². The standard InChI is InChI=1S/C14H17FO/c1-3-4-5-14(16)9-7-12-6-8-13(15)10-11(12)2/h6,8,10,14,16H,3-5H2,1-2H3. The lowest BCUT2D eigenvalue weighted by Gasteiger charge is -2.01. The van der Waals surface area contributed by atoms with Gasteiger partial charge in [0, 0.05) is 5.56 Å². The highest BCUT2D eigenvalue weighted by molar-refractivity contribution is 5.41. The lowest BCUT2D eigenvalue weighted by atomic mass is 10.1. The number of hydrogen-bond acceptors (Lipinski definition) is 1. The minimum atomic E-state index is -0.579. The molecule has 0 radical (unpaired) electrons. The Labute approximate surface area is 96.3 Å². The number of halogens is 1. The average Bonchev–Trinajstić information content (AvgIpc) is 2.25. The summed E-state index contributed by atoms with van der Waals surface area (Å²) >= 11 is 0. The Morgan fingerprint density at radius 2 is 2.19 bits per heavy atom. The molecule has 2 heteroatoms. The molecule has 86 valence electrons. The zero-order chi connectivity index (χ0) is 12.0. The van der Waals surface area contributed by atoms with Gasteiger partial charge in [0.2, 0.25) is 0 Å². The van der Waals surface area contributed by atoms with Crippen LogP contribution >= 0.6 is 0 Å². The van der Waals surface area contributed by atoms with E-state index < -0.39 is 6.10 Å². The maximum Gasteiger partial charge on any atom is 0.123 e. The Hall–Kier alpha value is -1.33. The molecule has 1 nitrogen and oxygen atoms in total. The van der Waals surface area contributed by atoms with Crippen LogP contribution in [0.25, 0.3) is 0 Å². The molecule has 0 amide bonds. The van der Waals surface area contributed by atoms with Gasteiger partial charge in [-0.15, -0.1) is 0 Å². The Balaban J connectivity index is 2.69. The molecule has 0 saturated carbocycles. The molecule has 0 aliphatic carbocycles. The van der Waals surface area contributed by atoms with Gasteiger partial charge in [0.25, 0.3) is 0 Å². The number of rotatable bonds is 3. The van der Waals surface area contributed by atoms with Crippen LogP contribution in [0.15, 0.2) is 18.2 Å². The maximum absolute atomic E-state index is 12.8. The molecular formula is C14H17FO. The number of aliphatic hydroxyl groups is 1. The third kappa shape index (κ3) is 4.04. The first kappa shape index (κ1) is 12.7. The topological polar surface area (TPSA) is 20.2 Å². The zero-order valence-electron chi connectivity index (χ0n) is 9.76. The molecule has 1 rings (SSSR count). The molecule has 1 unspecified atom stereocenters. The minimum Gasteiger partial charge on any atom is -0.380 e. The molecule has 16 heavy (non-hydrogen) atoms. The van der Waals surface area contributed by atoms with E-state index in [1.165, 1.54) is 12.1 Å². The van der Waals surface area contributed by atoms with Gasteiger partial charge in [-0.25, -0.2) is 4.39 Å². The summed E-state index contributed by atoms with van der Waals surface area (Å²) in [5.41, 5.74) is 1.58. The van der Waals surface area contributed by atoms with E-state index in [-0.39, 0.29) is 5.82 Å². The average molecular weight is 220 g/mol. The molecule has 0 heterocycles. The van der Waals surface area contributed by atoms with Crippen molar-refractivity contribution in [1.82, 2.24) is 0 Å². The van der Waals surface area contributed by atoms with Gasteiger partial charge in [0.15, 0.2) is 0 Å². The summed E-state index contributed by atoms with van der Waals surface area (Å²) in [7, 11) is 0. The van der Waals surface area contributed by atoms with Crippen LogP contribution < -0.4 is 0 Å². The summed E-state index contributed by atoms with van der Waals surface area (Å²) in [6, 6.07) is 4.47. The SMILES string of the molecule is CCCCC(O)C#Cc1ccc(F)cc1C. The first-order chi connectivity index (χ1) is 7.63. The lowest BCUT2D eigenvalue weighted by Crippen LogP contribution is -2.02. The minimum absolute atomic E-state index is 0.255. The Kier molecular flexibility index (Phi) is 5.01. The molecule has 0 aliphatic heterocycles. The van der Waals surface area contributed by atoms with Crippen molar-refractivity contribution in [1.29, 1.82) is 0 Å². The second-order valence-electron chi connectivity index (χ2n) is 3.89. The molecule has 0 fully saturated rings. The first-order valence-electron chi connectivity index (χ1n) is 5.59. The summed E-state index contributed by atoms with van der Waals surface area (Å²) in [6.45, 7) is 3.88. The van der Waals surface area contributed by atoms with Crippen molar-refractivity contribution in [3.05, 3.63) is 35.1 Å². The monoisotopic (exact) mass is 220 g/mol. The number of aliphatic hydroxyl groups excluding tert-OH is 1. The summed E-state index contributed by atoms with van der Waals surface area (Å²) in [6.07, 6.45) is 2.14. The molecule has 0 spiro atoms. The Bertz CT molecular complexity index is 401. The van der Waals surface area contributed by atoms with Crippen LogP contribution in [0.1, 0.15) is 37.3 Å². The summed E-state index contributed by atoms with van der Waals surface area (Å²) in [5, 5.41) is 9.54. The number of hydrogen-bond donors (Lipinski definition) is 1. The lowest BCUT2D eigenvalue weighted by molar-refractivity contribution is 0.218. The van der Waals surface area contributed by atoms with Gasteiger partial charge in [-0.2, -0.15) is 0 Å². The van der Waals surface area contributed by atoms with Crippen LogP contribution in [0.4, 0.5) is 4.39 Å². The van der Waals surface area contributed by atoms with Crippen molar-refractivity contribution in [3.8, 4) is 11.8 Å². The van der Waals surface area contributed by atoms with Gasteiger partial charge in [-0.3, -0.25) is 0 Å². The number of aryl methyl sites for hydroxylation is 1. The summed E-state index contributed by atoms with van der Waals surface area (Å²) in [4.78, 5) is 0. The quantitative estimate of drug-likeness (QED) is 0.776. The fraction of sp³-hybridized carbons (Fsp3) is 0.429. The highest BCUT2D eigenvalue weighted by Gasteiger charge is 1.99. The fourth-order valence-corrected chi connectivity index (χ4v) is 1.40. The van der Waals surface area contributed by atoms with Gasteiger partial charge in [0.1, 0.15) is 11.9 Å². The summed E-state index contributed by atoms with van der Waals surface area (Å²) in [5.74, 6) is 5.40. The largest absolute Gasteiger partial charge is 0.380 e. The molecule has 1 N–H and O–H groups in total. The second kappa shape index (κ2) is 6.30. The zero-order valence-corrected chi connectivity index (χ0v) is 9.76. The molecule has 0 saturated heterocycles. The van der Waals surface area contributed by atoms with Gasteiger partial charge in [-0.1, -0.05) is 31.6 Å². The molecule has 1 atom stereocenters. The van der Waals surface area contributed by atoms with E-state index in [2.05, 4.69) is 18.8 Å². The van der Waals surface area contributed by atoms with Gasteiger partial charge in [-0.05, 0) is 37.1 Å². The van der Waals surface area contributed by atoms with Crippen LogP contribution in [-0.2, 0) is 0 Å². The van der Waals surface area contributed by atoms with Crippen molar-refractivity contribution >= 4 is 0 Å². The van der Waals surface area contributed by atoms with Gasteiger partial charge < -0.3 is 5.11 Å². The smallest absolute Gasteiger partial charge is 0.123 e. The molecule has 1 aromatic rings. The van der Waals surface area contributed by atoms with E-state index in [1.54, 1.807) is 6.07 Å². The Morgan fingerprint density at radius 1 is 1.44 bits per heavy atom. The van der Waals surface area contributed by atoms with E-state index in [4.69, 9.17) is 0 Å². The van der Waals surface area contributed by atoms with Crippen molar-refractivity contribution in [2.75, 3.05) is 0 Å². The normalized spacial score (nSPS) is 11.8. The van der Waals surface area contributed by atoms with Crippen LogP contribution in [-0.4, -0.2) is 11.2 Å². The first-order valence-corrected chi connectivity index (χ1v) is 5.59. The second-order valence-corrected chi connectivity index (χ2v) is 3.89. The molecule has 0 aromatic heterocycles. The van der Waals surface area contributed by atoms with Crippen molar-refractivity contribution in [2.45, 2.75) is 39.2 Å². The predicted octanol–water partition coefficient (Wildman–Crippen LogP) is 3.04. The van der Waals surface area contributed by atoms with E-state index >= 15 is 0 Å². The molecule has 0 bridgehead atoms. The highest BCUT2D eigenvalue weighted by atomic mass is 19.1. The predicted molar refractivity (Wildman–Crippen MR) is 63.5 cm³/mol. The van der Waals surface area contributed by atoms with Crippen molar-refractivity contribution < 1.29 is 9.50 Å². The molecule has 0 aliphatic rings. The maximum atomic E-state index is 12.8. The van der Waals surface area contributed by atoms with Crippen LogP contribution in [0, 0.1) is 24.6 Å². The third-order valence-corrected chi connectivity index (χ3v) is 2.39. The van der Waals surface area contributed by atoms with E-state index in [0.717, 1.165) is 24.0 Å². The Morgan fingerprint density at radius 3 is 2.81 bits per heavy atom. The van der Waals surface area contributed by atoms with Crippen molar-refractivity contribution in [2.24, 2.45) is 0 Å². The van der Waals surface area contributed by atoms with Gasteiger partial charge in [0.05, 0.1) is 0 Å². The molecule has 1 aromatic carbocycles. The van der Waals surface area contributed by atoms with Crippen LogP contribution in [0.5, 0.6) is 0 Å². The fourth-order valence-electron chi connectivity index (χ4n) is 1.40. The number of unbranched alkanes of at least 4 members (excludes halogenated alkanes) is 1. The van der Waals surface area contributed by atoms with Crippen molar-refractivity contribution in [3.63, 3.8) is 0 Å². The summed E-state index contributed by atoms with van der Waals surface area (Å²) < 4.78 is 12.8. The third-order valence-electron chi connectivity index (χ3n) is 2.39. The highest BCUT2D eigenvalue weighted by Crippen LogP contribution is 2.08. The van der Waals surface area contributed by atoms with Crippen LogP contribution in [0.2, 0.25) is 0 Å². The number of benzene rings is 1. The van der Waals surface area contributed by atoms with E-state index in [0.29, 0.717) is 6.42 Å². The molecular weight excluding hydrogens is 203 g/mol. The van der Waals surface area contributed by atoms with Crippen LogP contribution in [0.3, 0.4) is 0 Å². The van der Waals surface area contributed by atoms with E-state index in [1.807, 2.05) is 6.92 Å².